The molecular formula is C16H16N4. The molecule has 0 radical (unpaired) electrons. The molecule has 0 aliphatic heterocycles. The van der Waals surface area contributed by atoms with E-state index in [1.807, 2.05) is 37.5 Å². The van der Waals surface area contributed by atoms with Gasteiger partial charge in [0.25, 0.3) is 0 Å². The van der Waals surface area contributed by atoms with Crippen LogP contribution in [0.5, 0.6) is 0 Å². The van der Waals surface area contributed by atoms with Gasteiger partial charge in [0, 0.05) is 35.5 Å². The molecule has 0 amide bonds. The fourth-order valence-corrected chi connectivity index (χ4v) is 2.23. The average Bonchev–Trinajstić information content (AvgIpc) is 2.48. The van der Waals surface area contributed by atoms with Gasteiger partial charge in [-0.2, -0.15) is 0 Å². The maximum Gasteiger partial charge on any atom is 0.162 e. The van der Waals surface area contributed by atoms with Gasteiger partial charge in [0.1, 0.15) is 5.82 Å². The normalized spacial score (nSPS) is 10.9. The number of pyridine rings is 1. The number of fused-ring (bicyclic) bond motifs is 1. The first kappa shape index (κ1) is 12.5. The van der Waals surface area contributed by atoms with Crippen molar-refractivity contribution >= 4 is 16.7 Å². The third-order valence-electron chi connectivity index (χ3n) is 3.37. The zero-order valence-electron chi connectivity index (χ0n) is 11.6. The smallest absolute Gasteiger partial charge is 0.162 e. The topological polar surface area (TPSA) is 64.7 Å². The van der Waals surface area contributed by atoms with Crippen LogP contribution in [0.15, 0.2) is 36.7 Å². The van der Waals surface area contributed by atoms with E-state index < -0.39 is 0 Å². The number of benzene rings is 1. The molecule has 1 aromatic carbocycles. The number of nitrogens with zero attached hydrogens (tertiary/aromatic N) is 3. The van der Waals surface area contributed by atoms with Crippen molar-refractivity contribution in [2.75, 3.05) is 5.73 Å². The summed E-state index contributed by atoms with van der Waals surface area (Å²) >= 11 is 0. The second-order valence-electron chi connectivity index (χ2n) is 4.85. The Morgan fingerprint density at radius 1 is 1.10 bits per heavy atom. The number of aryl methyl sites for hydroxylation is 2. The summed E-state index contributed by atoms with van der Waals surface area (Å²) < 4.78 is 0. The first-order valence-corrected chi connectivity index (χ1v) is 6.65. The lowest BCUT2D eigenvalue weighted by Crippen LogP contribution is -1.95. The van der Waals surface area contributed by atoms with Crippen LogP contribution in [0, 0.1) is 6.92 Å². The van der Waals surface area contributed by atoms with E-state index in [0.717, 1.165) is 40.1 Å². The molecular weight excluding hydrogens is 248 g/mol. The monoisotopic (exact) mass is 264 g/mol. The van der Waals surface area contributed by atoms with Crippen molar-refractivity contribution in [3.63, 3.8) is 0 Å². The number of anilines is 1. The van der Waals surface area contributed by atoms with Gasteiger partial charge in [-0.05, 0) is 36.2 Å². The molecule has 0 unspecified atom stereocenters. The quantitative estimate of drug-likeness (QED) is 0.722. The molecule has 0 aliphatic carbocycles. The van der Waals surface area contributed by atoms with Crippen molar-refractivity contribution in [2.24, 2.45) is 0 Å². The Bertz CT molecular complexity index is 781. The molecule has 0 spiro atoms. The zero-order valence-corrected chi connectivity index (χ0v) is 11.6. The van der Waals surface area contributed by atoms with Crippen molar-refractivity contribution in [3.05, 3.63) is 48.0 Å². The molecule has 3 aromatic rings. The van der Waals surface area contributed by atoms with E-state index in [1.165, 1.54) is 5.56 Å². The van der Waals surface area contributed by atoms with Crippen molar-refractivity contribution in [2.45, 2.75) is 20.3 Å². The second kappa shape index (κ2) is 4.89. The number of rotatable bonds is 2. The van der Waals surface area contributed by atoms with Crippen molar-refractivity contribution in [1.82, 2.24) is 15.0 Å². The summed E-state index contributed by atoms with van der Waals surface area (Å²) in [6, 6.07) is 7.96. The summed E-state index contributed by atoms with van der Waals surface area (Å²) in [5, 5.41) is 0.946. The summed E-state index contributed by atoms with van der Waals surface area (Å²) in [7, 11) is 0. The van der Waals surface area contributed by atoms with Crippen molar-refractivity contribution < 1.29 is 0 Å². The van der Waals surface area contributed by atoms with Crippen LogP contribution in [-0.2, 0) is 6.42 Å². The van der Waals surface area contributed by atoms with E-state index in [-0.39, 0.29) is 0 Å². The largest absolute Gasteiger partial charge is 0.399 e. The highest BCUT2D eigenvalue weighted by molar-refractivity contribution is 5.81. The van der Waals surface area contributed by atoms with Gasteiger partial charge in [-0.25, -0.2) is 15.0 Å². The summed E-state index contributed by atoms with van der Waals surface area (Å²) in [6.45, 7) is 4.10. The second-order valence-corrected chi connectivity index (χ2v) is 4.85. The maximum absolute atomic E-state index is 5.87. The van der Waals surface area contributed by atoms with Crippen LogP contribution >= 0.6 is 0 Å². The minimum Gasteiger partial charge on any atom is -0.399 e. The van der Waals surface area contributed by atoms with Crippen LogP contribution in [-0.4, -0.2) is 15.0 Å². The maximum atomic E-state index is 5.87. The van der Waals surface area contributed by atoms with Crippen LogP contribution in [0.2, 0.25) is 0 Å². The Morgan fingerprint density at radius 3 is 2.75 bits per heavy atom. The van der Waals surface area contributed by atoms with Gasteiger partial charge in [-0.15, -0.1) is 0 Å². The third-order valence-corrected chi connectivity index (χ3v) is 3.37. The Kier molecular flexibility index (Phi) is 3.06. The lowest BCUT2D eigenvalue weighted by atomic mass is 10.0. The predicted octanol–water partition coefficient (Wildman–Crippen LogP) is 3.14. The van der Waals surface area contributed by atoms with Gasteiger partial charge in [0.15, 0.2) is 5.65 Å². The first-order valence-electron chi connectivity index (χ1n) is 6.65. The molecule has 0 fully saturated rings. The van der Waals surface area contributed by atoms with Gasteiger partial charge in [0.05, 0.1) is 0 Å². The summed E-state index contributed by atoms with van der Waals surface area (Å²) in [6.07, 6.45) is 4.49. The minimum atomic E-state index is 0.738. The number of hydrogen-bond acceptors (Lipinski definition) is 4. The molecule has 100 valence electrons. The Hall–Kier alpha value is -2.49. The van der Waals surface area contributed by atoms with Crippen LogP contribution < -0.4 is 5.73 Å². The number of hydrogen-bond donors (Lipinski definition) is 1. The zero-order chi connectivity index (χ0) is 14.1. The summed E-state index contributed by atoms with van der Waals surface area (Å²) in [5.41, 5.74) is 10.7. The molecule has 3 rings (SSSR count). The van der Waals surface area contributed by atoms with Gasteiger partial charge < -0.3 is 5.73 Å². The van der Waals surface area contributed by atoms with Gasteiger partial charge in [-0.3, -0.25) is 0 Å². The molecule has 2 heterocycles. The molecule has 0 bridgehead atoms. The molecule has 4 nitrogen and oxygen atoms in total. The fourth-order valence-electron chi connectivity index (χ4n) is 2.23. The van der Waals surface area contributed by atoms with Crippen LogP contribution in [0.1, 0.15) is 18.3 Å². The number of aromatic nitrogens is 3. The van der Waals surface area contributed by atoms with Crippen LogP contribution in [0.4, 0.5) is 5.69 Å². The van der Waals surface area contributed by atoms with E-state index in [0.29, 0.717) is 0 Å². The SMILES string of the molecule is CCc1ncc2cc(-c3cc(N)ccc3C)cnc2n1. The minimum absolute atomic E-state index is 0.738. The van der Waals surface area contributed by atoms with Crippen molar-refractivity contribution in [3.8, 4) is 11.1 Å². The van der Waals surface area contributed by atoms with Gasteiger partial charge in [-0.1, -0.05) is 13.0 Å². The predicted molar refractivity (Wildman–Crippen MR) is 81.3 cm³/mol. The molecule has 0 saturated heterocycles. The summed E-state index contributed by atoms with van der Waals surface area (Å²) in [5.74, 6) is 0.817. The molecule has 0 aliphatic rings. The molecule has 20 heavy (non-hydrogen) atoms. The highest BCUT2D eigenvalue weighted by Crippen LogP contribution is 2.26. The summed E-state index contributed by atoms with van der Waals surface area (Å²) in [4.78, 5) is 13.2. The fraction of sp³-hybridized carbons (Fsp3) is 0.188. The Morgan fingerprint density at radius 2 is 1.95 bits per heavy atom. The molecule has 2 N–H and O–H groups in total. The molecule has 0 saturated carbocycles. The Labute approximate surface area is 117 Å². The van der Waals surface area contributed by atoms with E-state index in [9.17, 15) is 0 Å². The van der Waals surface area contributed by atoms with E-state index in [1.54, 1.807) is 0 Å². The van der Waals surface area contributed by atoms with Crippen molar-refractivity contribution in [1.29, 1.82) is 0 Å². The van der Waals surface area contributed by atoms with E-state index in [4.69, 9.17) is 5.73 Å². The molecule has 4 heteroatoms. The van der Waals surface area contributed by atoms with Gasteiger partial charge in [0.2, 0.25) is 0 Å². The lowest BCUT2D eigenvalue weighted by Gasteiger charge is -2.08. The Balaban J connectivity index is 2.15. The van der Waals surface area contributed by atoms with Crippen LogP contribution in [0.3, 0.4) is 0 Å². The molecule has 2 aromatic heterocycles. The van der Waals surface area contributed by atoms with E-state index >= 15 is 0 Å². The highest BCUT2D eigenvalue weighted by atomic mass is 14.9. The van der Waals surface area contributed by atoms with Gasteiger partial charge >= 0.3 is 0 Å². The highest BCUT2D eigenvalue weighted by Gasteiger charge is 2.06. The lowest BCUT2D eigenvalue weighted by molar-refractivity contribution is 0.953. The average molecular weight is 264 g/mol. The third kappa shape index (κ3) is 2.20. The number of nitrogen functional groups attached to an aromatic ring is 1. The van der Waals surface area contributed by atoms with Crippen LogP contribution in [0.25, 0.3) is 22.2 Å². The number of nitrogens with two attached hydrogens (primary N) is 1. The first-order chi connectivity index (χ1) is 9.67. The van der Waals surface area contributed by atoms with E-state index in [2.05, 4.69) is 27.9 Å². The molecule has 0 atom stereocenters. The standard InChI is InChI=1S/C16H16N4/c1-3-15-18-9-12-6-11(8-19-16(12)20-15)14-7-13(17)5-4-10(14)2/h4-9H,3,17H2,1-2H3.